The summed E-state index contributed by atoms with van der Waals surface area (Å²) in [5.41, 5.74) is 1.92. The maximum absolute atomic E-state index is 5.71. The van der Waals surface area contributed by atoms with Gasteiger partial charge in [0.05, 0.1) is 6.54 Å². The van der Waals surface area contributed by atoms with Gasteiger partial charge in [0.15, 0.2) is 11.6 Å². The van der Waals surface area contributed by atoms with E-state index in [1.165, 1.54) is 0 Å². The highest BCUT2D eigenvalue weighted by atomic mass is 127. The van der Waals surface area contributed by atoms with Gasteiger partial charge in [0.25, 0.3) is 0 Å². The fraction of sp³-hybridized carbons (Fsp3) is 0.318. The summed E-state index contributed by atoms with van der Waals surface area (Å²) in [6, 6.07) is 13.9. The number of rotatable bonds is 10. The Morgan fingerprint density at radius 1 is 1.17 bits per heavy atom. The highest BCUT2D eigenvalue weighted by molar-refractivity contribution is 14.0. The van der Waals surface area contributed by atoms with Crippen molar-refractivity contribution in [1.29, 1.82) is 0 Å². The number of hydrogen-bond donors (Lipinski definition) is 2. The van der Waals surface area contributed by atoms with Gasteiger partial charge in [-0.25, -0.2) is 4.99 Å². The number of para-hydroxylation sites is 1. The van der Waals surface area contributed by atoms with E-state index >= 15 is 0 Å². The van der Waals surface area contributed by atoms with Crippen LogP contribution < -0.4 is 15.4 Å². The monoisotopic (exact) mass is 520 g/mol. The zero-order valence-corrected chi connectivity index (χ0v) is 19.6. The van der Waals surface area contributed by atoms with E-state index in [0.29, 0.717) is 13.2 Å². The number of nitrogens with one attached hydrogen (secondary N) is 2. The Kier molecular flexibility index (Phi) is 10.1. The van der Waals surface area contributed by atoms with Crippen LogP contribution in [0.4, 0.5) is 0 Å². The van der Waals surface area contributed by atoms with Crippen LogP contribution in [0.1, 0.15) is 24.7 Å². The normalized spacial score (nSPS) is 11.0. The first-order chi connectivity index (χ1) is 14.3. The Morgan fingerprint density at radius 2 is 2.00 bits per heavy atom. The van der Waals surface area contributed by atoms with Crippen molar-refractivity contribution >= 4 is 35.6 Å². The second-order valence-corrected chi connectivity index (χ2v) is 6.48. The Morgan fingerprint density at radius 3 is 2.83 bits per heavy atom. The molecule has 0 amide bonds. The molecule has 0 radical (unpaired) electrons. The molecule has 160 valence electrons. The molecule has 7 nitrogen and oxygen atoms in total. The zero-order valence-electron chi connectivity index (χ0n) is 17.3. The predicted octanol–water partition coefficient (Wildman–Crippen LogP) is 3.60. The van der Waals surface area contributed by atoms with Crippen LogP contribution in [-0.4, -0.2) is 40.3 Å². The molecule has 0 bridgehead atoms. The van der Waals surface area contributed by atoms with E-state index in [2.05, 4.69) is 34.3 Å². The topological polar surface area (TPSA) is 75.8 Å². The van der Waals surface area contributed by atoms with Gasteiger partial charge in [-0.3, -0.25) is 4.40 Å². The van der Waals surface area contributed by atoms with Crippen molar-refractivity contribution in [3.63, 3.8) is 0 Å². The van der Waals surface area contributed by atoms with Crippen LogP contribution in [0, 0.1) is 0 Å². The number of benzene rings is 1. The molecule has 3 rings (SSSR count). The molecule has 30 heavy (non-hydrogen) atoms. The van der Waals surface area contributed by atoms with Gasteiger partial charge < -0.3 is 15.4 Å². The molecule has 2 N–H and O–H groups in total. The minimum absolute atomic E-state index is 0. The van der Waals surface area contributed by atoms with Crippen LogP contribution in [0.3, 0.4) is 0 Å². The number of fused-ring (bicyclic) bond motifs is 1. The van der Waals surface area contributed by atoms with E-state index < -0.39 is 0 Å². The number of aliphatic imine (C=N–C) groups is 1. The van der Waals surface area contributed by atoms with Crippen molar-refractivity contribution in [2.45, 2.75) is 26.3 Å². The number of halogens is 1. The first kappa shape index (κ1) is 23.7. The summed E-state index contributed by atoms with van der Waals surface area (Å²) < 4.78 is 7.74. The molecule has 0 unspecified atom stereocenters. The highest BCUT2D eigenvalue weighted by Gasteiger charge is 2.05. The fourth-order valence-electron chi connectivity index (χ4n) is 2.94. The van der Waals surface area contributed by atoms with E-state index in [-0.39, 0.29) is 24.0 Å². The molecule has 0 aliphatic carbocycles. The number of hydrogen-bond acceptors (Lipinski definition) is 4. The van der Waals surface area contributed by atoms with E-state index in [4.69, 9.17) is 9.73 Å². The Hall–Kier alpha value is -2.62. The average molecular weight is 520 g/mol. The molecular formula is C22H29IN6O. The summed E-state index contributed by atoms with van der Waals surface area (Å²) in [6.07, 6.45) is 5.51. The first-order valence-corrected chi connectivity index (χ1v) is 9.94. The fourth-order valence-corrected chi connectivity index (χ4v) is 2.94. The third-order valence-corrected chi connectivity index (χ3v) is 4.33. The lowest BCUT2D eigenvalue weighted by Crippen LogP contribution is -2.37. The van der Waals surface area contributed by atoms with Crippen LogP contribution in [0.2, 0.25) is 0 Å². The minimum atomic E-state index is 0. The summed E-state index contributed by atoms with van der Waals surface area (Å²) in [5.74, 6) is 2.60. The third kappa shape index (κ3) is 6.72. The summed E-state index contributed by atoms with van der Waals surface area (Å²) in [6.45, 7) is 8.37. The van der Waals surface area contributed by atoms with Gasteiger partial charge in [0.2, 0.25) is 0 Å². The molecule has 1 aromatic carbocycles. The number of nitrogens with zero attached hydrogens (tertiary/aromatic N) is 4. The summed E-state index contributed by atoms with van der Waals surface area (Å²) >= 11 is 0. The molecule has 2 aromatic heterocycles. The van der Waals surface area contributed by atoms with Gasteiger partial charge in [0.1, 0.15) is 18.2 Å². The van der Waals surface area contributed by atoms with Crippen LogP contribution in [0.5, 0.6) is 5.75 Å². The van der Waals surface area contributed by atoms with E-state index in [1.54, 1.807) is 6.08 Å². The van der Waals surface area contributed by atoms with Gasteiger partial charge in [-0.2, -0.15) is 0 Å². The predicted molar refractivity (Wildman–Crippen MR) is 132 cm³/mol. The van der Waals surface area contributed by atoms with Crippen LogP contribution in [-0.2, 0) is 13.0 Å². The maximum atomic E-state index is 5.71. The molecule has 0 aliphatic heterocycles. The number of guanidine groups is 1. The quantitative estimate of drug-likeness (QED) is 0.141. The third-order valence-electron chi connectivity index (χ3n) is 4.33. The van der Waals surface area contributed by atoms with Crippen molar-refractivity contribution in [1.82, 2.24) is 25.2 Å². The largest absolute Gasteiger partial charge is 0.489 e. The highest BCUT2D eigenvalue weighted by Crippen LogP contribution is 2.18. The molecule has 0 fully saturated rings. The molecule has 0 aliphatic rings. The SMILES string of the molecule is C=CCOc1ccccc1CN=C(NCC)NCCCc1nnc2ccccn12.I. The van der Waals surface area contributed by atoms with Crippen LogP contribution in [0.15, 0.2) is 66.3 Å². The Bertz CT molecular complexity index is 955. The van der Waals surface area contributed by atoms with Crippen molar-refractivity contribution in [3.05, 3.63) is 72.7 Å². The van der Waals surface area contributed by atoms with Gasteiger partial charge in [-0.05, 0) is 31.5 Å². The van der Waals surface area contributed by atoms with Gasteiger partial charge in [0, 0.05) is 31.3 Å². The molecule has 3 aromatic rings. The summed E-state index contributed by atoms with van der Waals surface area (Å²) in [4.78, 5) is 4.69. The van der Waals surface area contributed by atoms with Crippen LogP contribution in [0.25, 0.3) is 5.65 Å². The van der Waals surface area contributed by atoms with E-state index in [1.807, 2.05) is 53.1 Å². The number of aryl methyl sites for hydroxylation is 1. The Balaban J connectivity index is 0.00000320. The molecule has 2 heterocycles. The molecule has 8 heteroatoms. The second-order valence-electron chi connectivity index (χ2n) is 6.48. The second kappa shape index (κ2) is 12.8. The molecule has 0 saturated heterocycles. The van der Waals surface area contributed by atoms with Crippen molar-refractivity contribution in [2.75, 3.05) is 19.7 Å². The smallest absolute Gasteiger partial charge is 0.191 e. The standard InChI is InChI=1S/C22H28N6O.HI/c1-3-16-29-19-11-6-5-10-18(19)17-25-22(23-4-2)24-14-9-13-21-27-26-20-12-7-8-15-28(20)21;/h3,5-8,10-12,15H,1,4,9,13-14,16-17H2,2H3,(H2,23,24,25);1H. The molecular weight excluding hydrogens is 491 g/mol. The lowest BCUT2D eigenvalue weighted by molar-refractivity contribution is 0.359. The van der Waals surface area contributed by atoms with Gasteiger partial charge in [-0.15, -0.1) is 34.2 Å². The Labute approximate surface area is 194 Å². The van der Waals surface area contributed by atoms with E-state index in [9.17, 15) is 0 Å². The zero-order chi connectivity index (χ0) is 20.3. The minimum Gasteiger partial charge on any atom is -0.489 e. The maximum Gasteiger partial charge on any atom is 0.191 e. The van der Waals surface area contributed by atoms with Gasteiger partial charge >= 0.3 is 0 Å². The molecule has 0 atom stereocenters. The average Bonchev–Trinajstić information content (AvgIpc) is 3.17. The first-order valence-electron chi connectivity index (χ1n) is 9.94. The molecule has 0 saturated carbocycles. The number of ether oxygens (including phenoxy) is 1. The lowest BCUT2D eigenvalue weighted by Gasteiger charge is -2.12. The van der Waals surface area contributed by atoms with Crippen molar-refractivity contribution < 1.29 is 4.74 Å². The van der Waals surface area contributed by atoms with Crippen LogP contribution >= 0.6 is 24.0 Å². The van der Waals surface area contributed by atoms with Gasteiger partial charge in [-0.1, -0.05) is 36.9 Å². The van der Waals surface area contributed by atoms with Crippen molar-refractivity contribution in [3.8, 4) is 5.75 Å². The summed E-state index contributed by atoms with van der Waals surface area (Å²) in [5, 5.41) is 15.1. The molecule has 0 spiro atoms. The van der Waals surface area contributed by atoms with E-state index in [0.717, 1.165) is 54.7 Å². The van der Waals surface area contributed by atoms with Crippen molar-refractivity contribution in [2.24, 2.45) is 4.99 Å². The lowest BCUT2D eigenvalue weighted by atomic mass is 10.2. The number of pyridine rings is 1. The summed E-state index contributed by atoms with van der Waals surface area (Å²) in [7, 11) is 0. The number of aromatic nitrogens is 3.